The fourth-order valence-corrected chi connectivity index (χ4v) is 4.74. The highest BCUT2D eigenvalue weighted by Gasteiger charge is 2.49. The Morgan fingerprint density at radius 2 is 1.70 bits per heavy atom. The molecule has 2 heterocycles. The van der Waals surface area contributed by atoms with Crippen molar-refractivity contribution in [2.24, 2.45) is 17.1 Å². The summed E-state index contributed by atoms with van der Waals surface area (Å²) < 4.78 is 0. The fourth-order valence-electron chi connectivity index (χ4n) is 3.29. The first-order chi connectivity index (χ1) is 10.6. The first kappa shape index (κ1) is 18.6. The number of piperidine rings is 1. The molecule has 2 aliphatic heterocycles. The average molecular weight is 342 g/mol. The summed E-state index contributed by atoms with van der Waals surface area (Å²) in [5.74, 6) is 1.41. The number of nitrogens with two attached hydrogens (primary N) is 1. The summed E-state index contributed by atoms with van der Waals surface area (Å²) in [5.41, 5.74) is 5.65. The zero-order valence-corrected chi connectivity index (χ0v) is 15.9. The van der Waals surface area contributed by atoms with Crippen LogP contribution >= 0.6 is 11.8 Å². The Morgan fingerprint density at radius 1 is 1.13 bits per heavy atom. The molecule has 2 fully saturated rings. The van der Waals surface area contributed by atoms with Crippen LogP contribution in [0.1, 0.15) is 47.5 Å². The smallest absolute Gasteiger partial charge is 0.239 e. The van der Waals surface area contributed by atoms with Gasteiger partial charge in [0.15, 0.2) is 0 Å². The standard InChI is InChI=1S/C17H31N3O2S/c1-12(2)13(18)14(21)19-8-6-17(7-9-19)20(10-11-23-17)15(22)16(3,4)5/h12-13H,6-11,18H2,1-5H3/t13-/m0/s1. The first-order valence-corrected chi connectivity index (χ1v) is 9.57. The van der Waals surface area contributed by atoms with E-state index in [0.29, 0.717) is 13.1 Å². The Hall–Kier alpha value is -0.750. The third-order valence-corrected chi connectivity index (χ3v) is 6.48. The molecule has 23 heavy (non-hydrogen) atoms. The SMILES string of the molecule is CC(C)[C@H](N)C(=O)N1CCC2(CC1)SCCN2C(=O)C(C)(C)C. The molecule has 2 N–H and O–H groups in total. The zero-order valence-electron chi connectivity index (χ0n) is 15.1. The number of nitrogens with zero attached hydrogens (tertiary/aromatic N) is 2. The van der Waals surface area contributed by atoms with E-state index in [1.54, 1.807) is 0 Å². The highest BCUT2D eigenvalue weighted by molar-refractivity contribution is 8.00. The van der Waals surface area contributed by atoms with Crippen molar-refractivity contribution in [1.82, 2.24) is 9.80 Å². The van der Waals surface area contributed by atoms with Crippen LogP contribution in [0.4, 0.5) is 0 Å². The van der Waals surface area contributed by atoms with Crippen molar-refractivity contribution in [3.05, 3.63) is 0 Å². The Balaban J connectivity index is 2.05. The van der Waals surface area contributed by atoms with E-state index in [0.717, 1.165) is 25.1 Å². The van der Waals surface area contributed by atoms with E-state index in [2.05, 4.69) is 4.90 Å². The van der Waals surface area contributed by atoms with Crippen LogP contribution < -0.4 is 5.73 Å². The van der Waals surface area contributed by atoms with E-state index < -0.39 is 6.04 Å². The van der Waals surface area contributed by atoms with Gasteiger partial charge in [-0.2, -0.15) is 0 Å². The molecular weight excluding hydrogens is 310 g/mol. The van der Waals surface area contributed by atoms with Crippen LogP contribution in [0.15, 0.2) is 0 Å². The summed E-state index contributed by atoms with van der Waals surface area (Å²) in [6, 6.07) is -0.424. The molecule has 1 spiro atoms. The molecule has 0 saturated carbocycles. The molecule has 0 aliphatic carbocycles. The van der Waals surface area contributed by atoms with Gasteiger partial charge in [-0.05, 0) is 18.8 Å². The molecule has 0 unspecified atom stereocenters. The lowest BCUT2D eigenvalue weighted by atomic mass is 9.91. The minimum atomic E-state index is -0.424. The third kappa shape index (κ3) is 3.68. The summed E-state index contributed by atoms with van der Waals surface area (Å²) in [4.78, 5) is 29.0. The number of thioether (sulfide) groups is 1. The van der Waals surface area contributed by atoms with Crippen molar-refractivity contribution >= 4 is 23.6 Å². The van der Waals surface area contributed by atoms with E-state index in [9.17, 15) is 9.59 Å². The molecule has 0 radical (unpaired) electrons. The summed E-state index contributed by atoms with van der Waals surface area (Å²) in [5, 5.41) is 0. The molecule has 0 aromatic carbocycles. The van der Waals surface area contributed by atoms with E-state index in [1.807, 2.05) is 51.3 Å². The molecular formula is C17H31N3O2S. The number of hydrogen-bond donors (Lipinski definition) is 1. The summed E-state index contributed by atoms with van der Waals surface area (Å²) in [6.45, 7) is 12.1. The molecule has 0 aromatic heterocycles. The Morgan fingerprint density at radius 3 is 2.17 bits per heavy atom. The number of likely N-dealkylation sites (tertiary alicyclic amines) is 1. The van der Waals surface area contributed by atoms with Gasteiger partial charge >= 0.3 is 0 Å². The zero-order chi connectivity index (χ0) is 17.4. The Labute approximate surface area is 144 Å². The first-order valence-electron chi connectivity index (χ1n) is 8.59. The third-order valence-electron chi connectivity index (χ3n) is 4.92. The van der Waals surface area contributed by atoms with Crippen LogP contribution in [0.2, 0.25) is 0 Å². The highest BCUT2D eigenvalue weighted by atomic mass is 32.2. The van der Waals surface area contributed by atoms with Crippen LogP contribution in [0, 0.1) is 11.3 Å². The van der Waals surface area contributed by atoms with Crippen molar-refractivity contribution in [3.63, 3.8) is 0 Å². The highest BCUT2D eigenvalue weighted by Crippen LogP contribution is 2.45. The summed E-state index contributed by atoms with van der Waals surface area (Å²) in [6.07, 6.45) is 1.69. The quantitative estimate of drug-likeness (QED) is 0.833. The maximum Gasteiger partial charge on any atom is 0.239 e. The van der Waals surface area contributed by atoms with Crippen LogP contribution in [-0.4, -0.2) is 57.9 Å². The molecule has 0 bridgehead atoms. The maximum atomic E-state index is 12.8. The normalized spacial score (nSPS) is 22.7. The molecule has 0 aromatic rings. The average Bonchev–Trinajstić information content (AvgIpc) is 2.87. The molecule has 5 nitrogen and oxygen atoms in total. The molecule has 2 amide bonds. The van der Waals surface area contributed by atoms with Crippen LogP contribution in [0.3, 0.4) is 0 Å². The van der Waals surface area contributed by atoms with Crippen molar-refractivity contribution in [1.29, 1.82) is 0 Å². The largest absolute Gasteiger partial charge is 0.341 e. The van der Waals surface area contributed by atoms with Gasteiger partial charge in [-0.1, -0.05) is 34.6 Å². The minimum absolute atomic E-state index is 0.0477. The Kier molecular flexibility index (Phi) is 5.36. The van der Waals surface area contributed by atoms with Crippen LogP contribution in [0.5, 0.6) is 0 Å². The van der Waals surface area contributed by atoms with E-state index >= 15 is 0 Å². The van der Waals surface area contributed by atoms with Crippen molar-refractivity contribution in [2.45, 2.75) is 58.4 Å². The van der Waals surface area contributed by atoms with Gasteiger partial charge < -0.3 is 15.5 Å². The van der Waals surface area contributed by atoms with E-state index in [1.165, 1.54) is 0 Å². The van der Waals surface area contributed by atoms with Gasteiger partial charge in [0.1, 0.15) is 0 Å². The monoisotopic (exact) mass is 341 g/mol. The van der Waals surface area contributed by atoms with Gasteiger partial charge in [-0.25, -0.2) is 0 Å². The number of amides is 2. The van der Waals surface area contributed by atoms with Gasteiger partial charge in [0, 0.05) is 30.8 Å². The molecule has 2 saturated heterocycles. The fraction of sp³-hybridized carbons (Fsp3) is 0.882. The molecule has 6 heteroatoms. The van der Waals surface area contributed by atoms with Gasteiger partial charge in [0.2, 0.25) is 11.8 Å². The lowest BCUT2D eigenvalue weighted by Gasteiger charge is -2.46. The van der Waals surface area contributed by atoms with Crippen molar-refractivity contribution < 1.29 is 9.59 Å². The second-order valence-electron chi connectivity index (χ2n) is 8.10. The predicted octanol–water partition coefficient (Wildman–Crippen LogP) is 1.91. The molecule has 132 valence electrons. The second kappa shape index (κ2) is 6.63. The van der Waals surface area contributed by atoms with E-state index in [4.69, 9.17) is 5.73 Å². The number of carbonyl (C=O) groups excluding carboxylic acids is 2. The lowest BCUT2D eigenvalue weighted by Crippen LogP contribution is -2.57. The minimum Gasteiger partial charge on any atom is -0.341 e. The molecule has 1 atom stereocenters. The van der Waals surface area contributed by atoms with Crippen LogP contribution in [0.25, 0.3) is 0 Å². The van der Waals surface area contributed by atoms with Crippen molar-refractivity contribution in [2.75, 3.05) is 25.4 Å². The Bertz CT molecular complexity index is 465. The summed E-state index contributed by atoms with van der Waals surface area (Å²) in [7, 11) is 0. The second-order valence-corrected chi connectivity index (χ2v) is 9.55. The lowest BCUT2D eigenvalue weighted by molar-refractivity contribution is -0.144. The van der Waals surface area contributed by atoms with Crippen molar-refractivity contribution in [3.8, 4) is 0 Å². The topological polar surface area (TPSA) is 66.6 Å². The predicted molar refractivity (Wildman–Crippen MR) is 95.0 cm³/mol. The number of carbonyl (C=O) groups is 2. The summed E-state index contributed by atoms with van der Waals surface area (Å²) >= 11 is 1.88. The van der Waals surface area contributed by atoms with Gasteiger partial charge in [-0.3, -0.25) is 9.59 Å². The van der Waals surface area contributed by atoms with Gasteiger partial charge in [0.05, 0.1) is 10.9 Å². The van der Waals surface area contributed by atoms with Crippen LogP contribution in [-0.2, 0) is 9.59 Å². The number of hydrogen-bond acceptors (Lipinski definition) is 4. The molecule has 2 rings (SSSR count). The molecule has 2 aliphatic rings. The van der Waals surface area contributed by atoms with E-state index in [-0.39, 0.29) is 28.0 Å². The maximum absolute atomic E-state index is 12.8. The van der Waals surface area contributed by atoms with Gasteiger partial charge in [0.25, 0.3) is 0 Å². The van der Waals surface area contributed by atoms with Gasteiger partial charge in [-0.15, -0.1) is 11.8 Å². The number of rotatable bonds is 2.